The number of benzene rings is 1. The Bertz CT molecular complexity index is 773. The van der Waals surface area contributed by atoms with Gasteiger partial charge in [0.1, 0.15) is 0 Å². The summed E-state index contributed by atoms with van der Waals surface area (Å²) in [5.74, 6) is 0.254. The van der Waals surface area contributed by atoms with Gasteiger partial charge in [0.25, 0.3) is 5.56 Å². The molecule has 3 atom stereocenters. The molecule has 5 heteroatoms. The SMILES string of the molecule is O=c1[nH]c2ccccc2cc1CN1CCOCC1C1CCCC1O. The molecule has 1 aromatic carbocycles. The lowest BCUT2D eigenvalue weighted by atomic mass is 9.94. The van der Waals surface area contributed by atoms with Gasteiger partial charge in [-0.15, -0.1) is 0 Å². The van der Waals surface area contributed by atoms with Crippen LogP contribution in [0.5, 0.6) is 0 Å². The zero-order valence-electron chi connectivity index (χ0n) is 13.8. The van der Waals surface area contributed by atoms with Crippen molar-refractivity contribution in [3.8, 4) is 0 Å². The fourth-order valence-corrected chi connectivity index (χ4v) is 4.19. The number of rotatable bonds is 3. The molecule has 1 aliphatic carbocycles. The standard InChI is InChI=1S/C19H24N2O3/c22-18-7-3-5-15(18)17-12-24-9-8-21(17)11-14-10-13-4-1-2-6-16(13)20-19(14)23/h1-2,4,6,10,15,17-18,22H,3,5,7-9,11-12H2,(H,20,23). The lowest BCUT2D eigenvalue weighted by Gasteiger charge is -2.40. The van der Waals surface area contributed by atoms with Gasteiger partial charge in [0, 0.05) is 36.1 Å². The normalized spacial score (nSPS) is 28.5. The van der Waals surface area contributed by atoms with E-state index < -0.39 is 0 Å². The molecule has 1 saturated heterocycles. The molecule has 2 aromatic rings. The molecule has 4 rings (SSSR count). The first-order valence-corrected chi connectivity index (χ1v) is 8.83. The van der Waals surface area contributed by atoms with E-state index in [9.17, 15) is 9.90 Å². The number of fused-ring (bicyclic) bond motifs is 1. The van der Waals surface area contributed by atoms with Crippen LogP contribution in [0.4, 0.5) is 0 Å². The molecule has 128 valence electrons. The van der Waals surface area contributed by atoms with E-state index in [-0.39, 0.29) is 23.6 Å². The Morgan fingerprint density at radius 1 is 1.29 bits per heavy atom. The van der Waals surface area contributed by atoms with Crippen LogP contribution in [-0.2, 0) is 11.3 Å². The van der Waals surface area contributed by atoms with Gasteiger partial charge in [-0.3, -0.25) is 9.69 Å². The van der Waals surface area contributed by atoms with Gasteiger partial charge >= 0.3 is 0 Å². The predicted octanol–water partition coefficient (Wildman–Crippen LogP) is 1.89. The van der Waals surface area contributed by atoms with Gasteiger partial charge in [0.15, 0.2) is 0 Å². The van der Waals surface area contributed by atoms with E-state index in [1.165, 1.54) is 0 Å². The molecule has 2 N–H and O–H groups in total. The number of para-hydroxylation sites is 1. The van der Waals surface area contributed by atoms with Crippen LogP contribution in [0.15, 0.2) is 35.1 Å². The van der Waals surface area contributed by atoms with Crippen molar-refractivity contribution in [1.82, 2.24) is 9.88 Å². The summed E-state index contributed by atoms with van der Waals surface area (Å²) in [5, 5.41) is 11.3. The minimum Gasteiger partial charge on any atom is -0.393 e. The Balaban J connectivity index is 1.60. The van der Waals surface area contributed by atoms with Gasteiger partial charge in [0.05, 0.1) is 19.3 Å². The first-order valence-electron chi connectivity index (χ1n) is 8.83. The van der Waals surface area contributed by atoms with E-state index in [1.807, 2.05) is 30.3 Å². The van der Waals surface area contributed by atoms with Crippen LogP contribution in [0.2, 0.25) is 0 Å². The summed E-state index contributed by atoms with van der Waals surface area (Å²) in [6.07, 6.45) is 2.76. The fourth-order valence-electron chi connectivity index (χ4n) is 4.19. The van der Waals surface area contributed by atoms with Crippen LogP contribution >= 0.6 is 0 Å². The molecular formula is C19H24N2O3. The molecule has 1 aromatic heterocycles. The van der Waals surface area contributed by atoms with Crippen LogP contribution < -0.4 is 5.56 Å². The maximum absolute atomic E-state index is 12.4. The van der Waals surface area contributed by atoms with E-state index in [0.29, 0.717) is 19.8 Å². The van der Waals surface area contributed by atoms with Crippen LogP contribution in [-0.4, -0.2) is 46.9 Å². The number of morpholine rings is 1. The van der Waals surface area contributed by atoms with Gasteiger partial charge in [0.2, 0.25) is 0 Å². The lowest BCUT2D eigenvalue weighted by molar-refractivity contribution is -0.0537. The minimum atomic E-state index is -0.242. The number of aliphatic hydroxyl groups excluding tert-OH is 1. The molecule has 0 amide bonds. The summed E-state index contributed by atoms with van der Waals surface area (Å²) in [4.78, 5) is 17.7. The smallest absolute Gasteiger partial charge is 0.252 e. The summed E-state index contributed by atoms with van der Waals surface area (Å²) in [6, 6.07) is 10.0. The Labute approximate surface area is 141 Å². The third-order valence-electron chi connectivity index (χ3n) is 5.51. The molecule has 1 aliphatic heterocycles. The average molecular weight is 328 g/mol. The molecule has 2 heterocycles. The van der Waals surface area contributed by atoms with Crippen molar-refractivity contribution in [3.63, 3.8) is 0 Å². The number of hydrogen-bond donors (Lipinski definition) is 2. The number of pyridine rings is 1. The summed E-state index contributed by atoms with van der Waals surface area (Å²) in [6.45, 7) is 2.75. The van der Waals surface area contributed by atoms with Crippen LogP contribution in [0.1, 0.15) is 24.8 Å². The molecule has 1 saturated carbocycles. The number of aliphatic hydroxyl groups is 1. The third kappa shape index (κ3) is 2.99. The number of hydrogen-bond acceptors (Lipinski definition) is 4. The molecule has 3 unspecified atom stereocenters. The number of aromatic nitrogens is 1. The summed E-state index contributed by atoms with van der Waals surface area (Å²) < 4.78 is 5.67. The van der Waals surface area contributed by atoms with Gasteiger partial charge in [-0.1, -0.05) is 24.6 Å². The molecule has 24 heavy (non-hydrogen) atoms. The van der Waals surface area contributed by atoms with E-state index in [1.54, 1.807) is 0 Å². The van der Waals surface area contributed by atoms with Crippen molar-refractivity contribution >= 4 is 10.9 Å². The van der Waals surface area contributed by atoms with Crippen LogP contribution in [0, 0.1) is 5.92 Å². The van der Waals surface area contributed by atoms with Crippen LogP contribution in [0.25, 0.3) is 10.9 Å². The highest BCUT2D eigenvalue weighted by Gasteiger charge is 2.37. The third-order valence-corrected chi connectivity index (χ3v) is 5.51. The Morgan fingerprint density at radius 2 is 2.17 bits per heavy atom. The molecule has 2 aliphatic rings. The maximum atomic E-state index is 12.4. The van der Waals surface area contributed by atoms with E-state index >= 15 is 0 Å². The van der Waals surface area contributed by atoms with Gasteiger partial charge < -0.3 is 14.8 Å². The highest BCUT2D eigenvalue weighted by molar-refractivity contribution is 5.78. The average Bonchev–Trinajstić information content (AvgIpc) is 3.02. The largest absolute Gasteiger partial charge is 0.393 e. The quantitative estimate of drug-likeness (QED) is 0.903. The monoisotopic (exact) mass is 328 g/mol. The van der Waals surface area contributed by atoms with Crippen molar-refractivity contribution in [2.45, 2.75) is 38.0 Å². The molecule has 2 fully saturated rings. The number of aromatic amines is 1. The molecule has 0 spiro atoms. The topological polar surface area (TPSA) is 65.6 Å². The lowest BCUT2D eigenvalue weighted by Crippen LogP contribution is -2.51. The van der Waals surface area contributed by atoms with Crippen molar-refractivity contribution in [2.24, 2.45) is 5.92 Å². The summed E-state index contributed by atoms with van der Waals surface area (Å²) >= 11 is 0. The van der Waals surface area contributed by atoms with E-state index in [0.717, 1.165) is 42.3 Å². The molecule has 0 bridgehead atoms. The Morgan fingerprint density at radius 3 is 3.00 bits per heavy atom. The van der Waals surface area contributed by atoms with Gasteiger partial charge in [-0.2, -0.15) is 0 Å². The molecular weight excluding hydrogens is 304 g/mol. The van der Waals surface area contributed by atoms with Crippen molar-refractivity contribution in [2.75, 3.05) is 19.8 Å². The summed E-state index contributed by atoms with van der Waals surface area (Å²) in [7, 11) is 0. The zero-order valence-corrected chi connectivity index (χ0v) is 13.8. The second-order valence-corrected chi connectivity index (χ2v) is 6.99. The second-order valence-electron chi connectivity index (χ2n) is 6.99. The minimum absolute atomic E-state index is 0.0223. The maximum Gasteiger partial charge on any atom is 0.252 e. The number of nitrogens with zero attached hydrogens (tertiary/aromatic N) is 1. The zero-order chi connectivity index (χ0) is 16.5. The first-order chi connectivity index (χ1) is 11.7. The fraction of sp³-hybridized carbons (Fsp3) is 0.526. The van der Waals surface area contributed by atoms with Gasteiger partial charge in [-0.25, -0.2) is 0 Å². The number of ether oxygens (including phenoxy) is 1. The number of H-pyrrole nitrogens is 1. The molecule has 0 radical (unpaired) electrons. The van der Waals surface area contributed by atoms with E-state index in [4.69, 9.17) is 4.74 Å². The van der Waals surface area contributed by atoms with Gasteiger partial charge in [-0.05, 0) is 30.4 Å². The summed E-state index contributed by atoms with van der Waals surface area (Å²) in [5.41, 5.74) is 1.63. The highest BCUT2D eigenvalue weighted by Crippen LogP contribution is 2.32. The van der Waals surface area contributed by atoms with Crippen molar-refractivity contribution < 1.29 is 9.84 Å². The Kier molecular flexibility index (Phi) is 4.39. The predicted molar refractivity (Wildman–Crippen MR) is 92.9 cm³/mol. The highest BCUT2D eigenvalue weighted by atomic mass is 16.5. The number of nitrogens with one attached hydrogen (secondary N) is 1. The van der Waals surface area contributed by atoms with Crippen molar-refractivity contribution in [3.05, 3.63) is 46.2 Å². The first kappa shape index (κ1) is 15.8. The van der Waals surface area contributed by atoms with E-state index in [2.05, 4.69) is 9.88 Å². The Hall–Kier alpha value is -1.69. The molecule has 5 nitrogen and oxygen atoms in total. The van der Waals surface area contributed by atoms with Crippen LogP contribution in [0.3, 0.4) is 0 Å². The van der Waals surface area contributed by atoms with Crippen molar-refractivity contribution in [1.29, 1.82) is 0 Å². The second kappa shape index (κ2) is 6.67.